The van der Waals surface area contributed by atoms with E-state index in [1.165, 1.54) is 0 Å². The highest BCUT2D eigenvalue weighted by atomic mass is 16.3. The molecular formula is C13H16N2O. The second kappa shape index (κ2) is 4.39. The highest BCUT2D eigenvalue weighted by molar-refractivity contribution is 5.43. The third-order valence-corrected chi connectivity index (χ3v) is 2.68. The molecule has 0 saturated heterocycles. The molecule has 84 valence electrons. The van der Waals surface area contributed by atoms with Gasteiger partial charge in [-0.1, -0.05) is 31.5 Å². The Morgan fingerprint density at radius 3 is 2.75 bits per heavy atom. The zero-order valence-electron chi connectivity index (χ0n) is 9.64. The maximum absolute atomic E-state index is 10.0. The third-order valence-electron chi connectivity index (χ3n) is 2.68. The molecule has 2 aromatic rings. The number of rotatable bonds is 3. The number of aryl methyl sites for hydroxylation is 2. The summed E-state index contributed by atoms with van der Waals surface area (Å²) in [5.41, 5.74) is 2.94. The van der Waals surface area contributed by atoms with Crippen LogP contribution in [0.15, 0.2) is 30.5 Å². The molecular weight excluding hydrogens is 200 g/mol. The molecule has 0 aliphatic heterocycles. The summed E-state index contributed by atoms with van der Waals surface area (Å²) < 4.78 is 1.60. The van der Waals surface area contributed by atoms with E-state index in [0.717, 1.165) is 29.7 Å². The van der Waals surface area contributed by atoms with E-state index in [4.69, 9.17) is 0 Å². The molecule has 0 bridgehead atoms. The molecule has 1 aromatic heterocycles. The van der Waals surface area contributed by atoms with Crippen LogP contribution in [0.5, 0.6) is 5.88 Å². The molecule has 0 radical (unpaired) electrons. The van der Waals surface area contributed by atoms with Crippen molar-refractivity contribution in [1.29, 1.82) is 0 Å². The summed E-state index contributed by atoms with van der Waals surface area (Å²) in [5, 5.41) is 14.3. The quantitative estimate of drug-likeness (QED) is 0.856. The van der Waals surface area contributed by atoms with Crippen LogP contribution in [0.25, 0.3) is 5.69 Å². The van der Waals surface area contributed by atoms with E-state index in [1.54, 1.807) is 10.9 Å². The lowest BCUT2D eigenvalue weighted by Gasteiger charge is -2.06. The van der Waals surface area contributed by atoms with Crippen molar-refractivity contribution in [3.05, 3.63) is 41.6 Å². The van der Waals surface area contributed by atoms with E-state index >= 15 is 0 Å². The van der Waals surface area contributed by atoms with E-state index in [1.807, 2.05) is 31.2 Å². The predicted octanol–water partition coefficient (Wildman–Crippen LogP) is 2.84. The van der Waals surface area contributed by atoms with Crippen molar-refractivity contribution in [3.8, 4) is 11.6 Å². The summed E-state index contributed by atoms with van der Waals surface area (Å²) in [4.78, 5) is 0. The van der Waals surface area contributed by atoms with Gasteiger partial charge < -0.3 is 5.11 Å². The van der Waals surface area contributed by atoms with Gasteiger partial charge in [-0.05, 0) is 25.0 Å². The van der Waals surface area contributed by atoms with Crippen LogP contribution >= 0.6 is 0 Å². The number of nitrogens with zero attached hydrogens (tertiary/aromatic N) is 2. The highest BCUT2D eigenvalue weighted by Gasteiger charge is 2.11. The maximum atomic E-state index is 10.0. The minimum atomic E-state index is 0.260. The lowest BCUT2D eigenvalue weighted by molar-refractivity contribution is 0.427. The van der Waals surface area contributed by atoms with Crippen molar-refractivity contribution >= 4 is 0 Å². The number of aromatic hydroxyl groups is 1. The van der Waals surface area contributed by atoms with Gasteiger partial charge in [-0.3, -0.25) is 0 Å². The van der Waals surface area contributed by atoms with Crippen LogP contribution in [0.3, 0.4) is 0 Å². The zero-order chi connectivity index (χ0) is 11.5. The lowest BCUT2D eigenvalue weighted by Crippen LogP contribution is -1.98. The number of hydrogen-bond acceptors (Lipinski definition) is 2. The molecule has 0 aliphatic rings. The Morgan fingerprint density at radius 2 is 2.06 bits per heavy atom. The summed E-state index contributed by atoms with van der Waals surface area (Å²) in [6, 6.07) is 7.89. The van der Waals surface area contributed by atoms with Crippen LogP contribution < -0.4 is 0 Å². The smallest absolute Gasteiger partial charge is 0.217 e. The van der Waals surface area contributed by atoms with Gasteiger partial charge in [0.25, 0.3) is 0 Å². The van der Waals surface area contributed by atoms with Crippen LogP contribution in [-0.2, 0) is 6.42 Å². The molecule has 16 heavy (non-hydrogen) atoms. The molecule has 0 saturated carbocycles. The topological polar surface area (TPSA) is 38.0 Å². The van der Waals surface area contributed by atoms with Gasteiger partial charge in [-0.2, -0.15) is 5.10 Å². The zero-order valence-corrected chi connectivity index (χ0v) is 9.64. The highest BCUT2D eigenvalue weighted by Crippen LogP contribution is 2.23. The first kappa shape index (κ1) is 10.7. The predicted molar refractivity (Wildman–Crippen MR) is 64.0 cm³/mol. The van der Waals surface area contributed by atoms with Gasteiger partial charge in [0, 0.05) is 5.56 Å². The van der Waals surface area contributed by atoms with Gasteiger partial charge in [-0.25, -0.2) is 4.68 Å². The molecule has 0 atom stereocenters. The number of para-hydroxylation sites is 1. The molecule has 0 fully saturated rings. The fourth-order valence-electron chi connectivity index (χ4n) is 1.80. The Balaban J connectivity index is 2.45. The van der Waals surface area contributed by atoms with Crippen LogP contribution in [0.1, 0.15) is 24.5 Å². The fraction of sp³-hybridized carbons (Fsp3) is 0.308. The summed E-state index contributed by atoms with van der Waals surface area (Å²) in [5.74, 6) is 0.260. The summed E-state index contributed by atoms with van der Waals surface area (Å²) >= 11 is 0. The number of benzene rings is 1. The molecule has 0 unspecified atom stereocenters. The summed E-state index contributed by atoms with van der Waals surface area (Å²) in [6.45, 7) is 4.10. The Morgan fingerprint density at radius 1 is 1.31 bits per heavy atom. The van der Waals surface area contributed by atoms with Crippen molar-refractivity contribution in [2.24, 2.45) is 0 Å². The van der Waals surface area contributed by atoms with Crippen LogP contribution in [0.4, 0.5) is 0 Å². The molecule has 2 rings (SSSR count). The monoisotopic (exact) mass is 216 g/mol. The van der Waals surface area contributed by atoms with E-state index in [2.05, 4.69) is 12.0 Å². The average Bonchev–Trinajstić information content (AvgIpc) is 2.62. The van der Waals surface area contributed by atoms with Gasteiger partial charge in [0.1, 0.15) is 0 Å². The van der Waals surface area contributed by atoms with E-state index in [-0.39, 0.29) is 5.88 Å². The Bertz CT molecular complexity index is 488. The standard InChI is InChI=1S/C13H16N2O/c1-3-6-11-9-14-15(13(11)16)12-8-5-4-7-10(12)2/h4-5,7-9,16H,3,6H2,1-2H3. The van der Waals surface area contributed by atoms with Crippen molar-refractivity contribution in [2.75, 3.05) is 0 Å². The molecule has 1 N–H and O–H groups in total. The van der Waals surface area contributed by atoms with Gasteiger partial charge in [0.05, 0.1) is 11.9 Å². The third kappa shape index (κ3) is 1.81. The van der Waals surface area contributed by atoms with Crippen molar-refractivity contribution in [2.45, 2.75) is 26.7 Å². The van der Waals surface area contributed by atoms with Crippen LogP contribution in [0.2, 0.25) is 0 Å². The molecule has 3 heteroatoms. The van der Waals surface area contributed by atoms with Gasteiger partial charge in [-0.15, -0.1) is 0 Å². The van der Waals surface area contributed by atoms with E-state index < -0.39 is 0 Å². The van der Waals surface area contributed by atoms with Crippen LogP contribution in [-0.4, -0.2) is 14.9 Å². The first-order chi connectivity index (χ1) is 7.74. The molecule has 0 spiro atoms. The van der Waals surface area contributed by atoms with E-state index in [0.29, 0.717) is 0 Å². The van der Waals surface area contributed by atoms with Gasteiger partial charge in [0.15, 0.2) is 0 Å². The van der Waals surface area contributed by atoms with E-state index in [9.17, 15) is 5.11 Å². The Kier molecular flexibility index (Phi) is 2.95. The van der Waals surface area contributed by atoms with Crippen molar-refractivity contribution in [3.63, 3.8) is 0 Å². The largest absolute Gasteiger partial charge is 0.493 e. The molecule has 0 aliphatic carbocycles. The number of aromatic nitrogens is 2. The minimum absolute atomic E-state index is 0.260. The maximum Gasteiger partial charge on any atom is 0.217 e. The number of hydrogen-bond donors (Lipinski definition) is 1. The second-order valence-electron chi connectivity index (χ2n) is 3.94. The summed E-state index contributed by atoms with van der Waals surface area (Å²) in [6.07, 6.45) is 3.61. The first-order valence-electron chi connectivity index (χ1n) is 5.56. The minimum Gasteiger partial charge on any atom is -0.493 e. The average molecular weight is 216 g/mol. The van der Waals surface area contributed by atoms with Crippen molar-refractivity contribution < 1.29 is 5.11 Å². The van der Waals surface area contributed by atoms with Gasteiger partial charge in [0.2, 0.25) is 5.88 Å². The Hall–Kier alpha value is -1.77. The second-order valence-corrected chi connectivity index (χ2v) is 3.94. The normalized spacial score (nSPS) is 10.6. The first-order valence-corrected chi connectivity index (χ1v) is 5.56. The SMILES string of the molecule is CCCc1cnn(-c2ccccc2C)c1O. The Labute approximate surface area is 95.3 Å². The van der Waals surface area contributed by atoms with Crippen molar-refractivity contribution in [1.82, 2.24) is 9.78 Å². The lowest BCUT2D eigenvalue weighted by atomic mass is 10.2. The van der Waals surface area contributed by atoms with Gasteiger partial charge >= 0.3 is 0 Å². The fourth-order valence-corrected chi connectivity index (χ4v) is 1.80. The van der Waals surface area contributed by atoms with Crippen LogP contribution in [0, 0.1) is 6.92 Å². The molecule has 1 heterocycles. The molecule has 1 aromatic carbocycles. The molecule has 3 nitrogen and oxygen atoms in total. The molecule has 0 amide bonds. The summed E-state index contributed by atoms with van der Waals surface area (Å²) in [7, 11) is 0.